The molecule has 0 saturated heterocycles. The first kappa shape index (κ1) is 19.1. The highest BCUT2D eigenvalue weighted by Crippen LogP contribution is 2.23. The van der Waals surface area contributed by atoms with Gasteiger partial charge in [-0.05, 0) is 18.6 Å². The van der Waals surface area contributed by atoms with Crippen molar-refractivity contribution in [1.29, 1.82) is 0 Å². The third-order valence-electron chi connectivity index (χ3n) is 4.13. The van der Waals surface area contributed by atoms with Crippen molar-refractivity contribution in [3.63, 3.8) is 0 Å². The highest BCUT2D eigenvalue weighted by Gasteiger charge is 2.12. The fraction of sp³-hybridized carbons (Fsp3) is 0.273. The van der Waals surface area contributed by atoms with Crippen LogP contribution in [0.25, 0.3) is 10.6 Å². The predicted octanol–water partition coefficient (Wildman–Crippen LogP) is 4.96. The topological polar surface area (TPSA) is 51.2 Å². The minimum absolute atomic E-state index is 0.111. The number of amides is 1. The molecule has 0 spiro atoms. The lowest BCUT2D eigenvalue weighted by atomic mass is 10.2. The van der Waals surface area contributed by atoms with Crippen molar-refractivity contribution >= 4 is 17.2 Å². The molecule has 1 N–H and O–H groups in total. The average Bonchev–Trinajstić information content (AvgIpc) is 3.18. The largest absolute Gasteiger partial charge is 0.493 e. The van der Waals surface area contributed by atoms with E-state index in [9.17, 15) is 4.79 Å². The molecule has 0 aliphatic carbocycles. The lowest BCUT2D eigenvalue weighted by molar-refractivity contribution is 0.0950. The Kier molecular flexibility index (Phi) is 6.99. The van der Waals surface area contributed by atoms with Crippen LogP contribution in [0.15, 0.2) is 60.0 Å². The lowest BCUT2D eigenvalue weighted by Crippen LogP contribution is -2.26. The molecule has 0 aliphatic heterocycles. The van der Waals surface area contributed by atoms with E-state index >= 15 is 0 Å². The zero-order chi connectivity index (χ0) is 18.9. The van der Waals surface area contributed by atoms with Gasteiger partial charge in [0.25, 0.3) is 5.91 Å². The van der Waals surface area contributed by atoms with Gasteiger partial charge in [0.2, 0.25) is 0 Å². The number of carbonyl (C=O) groups excluding carboxylic acids is 1. The summed E-state index contributed by atoms with van der Waals surface area (Å²) >= 11 is 1.63. The highest BCUT2D eigenvalue weighted by molar-refractivity contribution is 7.13. The SMILES string of the molecule is CCCCOc1ccccc1C(=O)NCCc1csc(-c2ccccc2)n1. The Labute approximate surface area is 164 Å². The van der Waals surface area contributed by atoms with E-state index in [0.29, 0.717) is 30.9 Å². The van der Waals surface area contributed by atoms with Crippen molar-refractivity contribution in [2.75, 3.05) is 13.2 Å². The van der Waals surface area contributed by atoms with Crippen LogP contribution in [0.3, 0.4) is 0 Å². The highest BCUT2D eigenvalue weighted by atomic mass is 32.1. The fourth-order valence-corrected chi connectivity index (χ4v) is 3.50. The molecule has 0 saturated carbocycles. The van der Waals surface area contributed by atoms with Crippen molar-refractivity contribution in [3.05, 3.63) is 71.2 Å². The summed E-state index contributed by atoms with van der Waals surface area (Å²) in [5, 5.41) is 6.03. The summed E-state index contributed by atoms with van der Waals surface area (Å²) in [6.45, 7) is 3.28. The second-order valence-electron chi connectivity index (χ2n) is 6.21. The van der Waals surface area contributed by atoms with Crippen molar-refractivity contribution in [3.8, 4) is 16.3 Å². The van der Waals surface area contributed by atoms with Crippen LogP contribution >= 0.6 is 11.3 Å². The van der Waals surface area contributed by atoms with Crippen LogP contribution in [-0.2, 0) is 6.42 Å². The number of hydrogen-bond donors (Lipinski definition) is 1. The van der Waals surface area contributed by atoms with Crippen LogP contribution in [0, 0.1) is 0 Å². The molecule has 2 aromatic carbocycles. The van der Waals surface area contributed by atoms with Gasteiger partial charge in [0.05, 0.1) is 17.9 Å². The number of ether oxygens (including phenoxy) is 1. The Bertz CT molecular complexity index is 862. The Morgan fingerprint density at radius 3 is 2.70 bits per heavy atom. The van der Waals surface area contributed by atoms with Gasteiger partial charge in [-0.15, -0.1) is 11.3 Å². The van der Waals surface area contributed by atoms with Crippen LogP contribution in [0.5, 0.6) is 5.75 Å². The second kappa shape index (κ2) is 9.88. The summed E-state index contributed by atoms with van der Waals surface area (Å²) in [6.07, 6.45) is 2.74. The molecule has 1 aromatic heterocycles. The Morgan fingerprint density at radius 1 is 1.11 bits per heavy atom. The number of thiazole rings is 1. The molecule has 1 amide bonds. The maximum atomic E-state index is 12.5. The number of para-hydroxylation sites is 1. The van der Waals surface area contributed by atoms with Crippen LogP contribution in [-0.4, -0.2) is 24.0 Å². The molecule has 0 fully saturated rings. The Balaban J connectivity index is 1.54. The Hall–Kier alpha value is -2.66. The van der Waals surface area contributed by atoms with E-state index in [1.807, 2.05) is 36.4 Å². The molecule has 0 radical (unpaired) electrons. The number of benzene rings is 2. The first-order valence-electron chi connectivity index (χ1n) is 9.27. The van der Waals surface area contributed by atoms with E-state index in [0.717, 1.165) is 29.1 Å². The standard InChI is InChI=1S/C22H24N2O2S/c1-2-3-15-26-20-12-8-7-11-19(20)21(25)23-14-13-18-16-27-22(24-18)17-9-5-4-6-10-17/h4-12,16H,2-3,13-15H2,1H3,(H,23,25). The molecule has 5 heteroatoms. The van der Waals surface area contributed by atoms with Gasteiger partial charge in [-0.25, -0.2) is 4.98 Å². The van der Waals surface area contributed by atoms with E-state index in [-0.39, 0.29) is 5.91 Å². The summed E-state index contributed by atoms with van der Waals surface area (Å²) in [4.78, 5) is 17.2. The molecule has 0 unspecified atom stereocenters. The minimum Gasteiger partial charge on any atom is -0.493 e. The van der Waals surface area contributed by atoms with E-state index in [1.165, 1.54) is 0 Å². The quantitative estimate of drug-likeness (QED) is 0.534. The lowest BCUT2D eigenvalue weighted by Gasteiger charge is -2.11. The number of carbonyl (C=O) groups is 1. The normalized spacial score (nSPS) is 10.6. The zero-order valence-corrected chi connectivity index (χ0v) is 16.3. The van der Waals surface area contributed by atoms with Gasteiger partial charge in [-0.1, -0.05) is 55.8 Å². The molecule has 140 valence electrons. The van der Waals surface area contributed by atoms with Crippen molar-refractivity contribution in [1.82, 2.24) is 10.3 Å². The fourth-order valence-electron chi connectivity index (χ4n) is 2.64. The van der Waals surface area contributed by atoms with Gasteiger partial charge in [0, 0.05) is 23.9 Å². The first-order chi connectivity index (χ1) is 13.3. The minimum atomic E-state index is -0.111. The van der Waals surface area contributed by atoms with Crippen molar-refractivity contribution in [2.24, 2.45) is 0 Å². The summed E-state index contributed by atoms with van der Waals surface area (Å²) < 4.78 is 5.74. The third kappa shape index (κ3) is 5.41. The molecule has 1 heterocycles. The number of nitrogens with zero attached hydrogens (tertiary/aromatic N) is 1. The molecule has 3 aromatic rings. The number of rotatable bonds is 9. The molecule has 3 rings (SSSR count). The van der Waals surface area contributed by atoms with Gasteiger partial charge in [0.1, 0.15) is 10.8 Å². The molecular formula is C22H24N2O2S. The second-order valence-corrected chi connectivity index (χ2v) is 7.07. The molecule has 0 atom stereocenters. The molecule has 4 nitrogen and oxygen atoms in total. The van der Waals surface area contributed by atoms with Crippen LogP contribution in [0.4, 0.5) is 0 Å². The summed E-state index contributed by atoms with van der Waals surface area (Å²) in [7, 11) is 0. The van der Waals surface area contributed by atoms with Crippen LogP contribution < -0.4 is 10.1 Å². The smallest absolute Gasteiger partial charge is 0.255 e. The summed E-state index contributed by atoms with van der Waals surface area (Å²) in [5.74, 6) is 0.532. The van der Waals surface area contributed by atoms with Crippen molar-refractivity contribution < 1.29 is 9.53 Å². The molecule has 0 bridgehead atoms. The van der Waals surface area contributed by atoms with Gasteiger partial charge in [-0.3, -0.25) is 4.79 Å². The summed E-state index contributed by atoms with van der Waals surface area (Å²) in [6, 6.07) is 17.5. The van der Waals surface area contributed by atoms with Crippen LogP contribution in [0.1, 0.15) is 35.8 Å². The maximum absolute atomic E-state index is 12.5. The zero-order valence-electron chi connectivity index (χ0n) is 15.5. The predicted molar refractivity (Wildman–Crippen MR) is 110 cm³/mol. The average molecular weight is 381 g/mol. The number of aromatic nitrogens is 1. The number of nitrogens with one attached hydrogen (secondary N) is 1. The van der Waals surface area contributed by atoms with Gasteiger partial charge < -0.3 is 10.1 Å². The molecule has 27 heavy (non-hydrogen) atoms. The Morgan fingerprint density at radius 2 is 1.89 bits per heavy atom. The van der Waals surface area contributed by atoms with E-state index in [4.69, 9.17) is 4.74 Å². The van der Waals surface area contributed by atoms with Gasteiger partial charge in [0.15, 0.2) is 0 Å². The number of hydrogen-bond acceptors (Lipinski definition) is 4. The molecular weight excluding hydrogens is 356 g/mol. The third-order valence-corrected chi connectivity index (χ3v) is 5.07. The molecule has 0 aliphatic rings. The maximum Gasteiger partial charge on any atom is 0.255 e. The monoisotopic (exact) mass is 380 g/mol. The van der Waals surface area contributed by atoms with Crippen molar-refractivity contribution in [2.45, 2.75) is 26.2 Å². The van der Waals surface area contributed by atoms with Gasteiger partial charge >= 0.3 is 0 Å². The number of unbranched alkanes of at least 4 members (excludes halogenated alkanes) is 1. The summed E-state index contributed by atoms with van der Waals surface area (Å²) in [5.41, 5.74) is 2.69. The first-order valence-corrected chi connectivity index (χ1v) is 10.2. The van der Waals surface area contributed by atoms with Gasteiger partial charge in [-0.2, -0.15) is 0 Å². The van der Waals surface area contributed by atoms with E-state index in [2.05, 4.69) is 34.7 Å². The van der Waals surface area contributed by atoms with Crippen LogP contribution in [0.2, 0.25) is 0 Å². The van der Waals surface area contributed by atoms with E-state index in [1.54, 1.807) is 17.4 Å². The van der Waals surface area contributed by atoms with E-state index < -0.39 is 0 Å².